The molecule has 3 aliphatic rings. The van der Waals surface area contributed by atoms with Gasteiger partial charge in [-0.1, -0.05) is 35.4 Å². The SMILES string of the molecule is [N-]=[N+]=NCCCOCC12CC(C(=O)O)N(C(=O)CNC(=O)c3ccc4c(c3)-c3ccccc3C4(F)F)C1C2. The maximum absolute atomic E-state index is 14.8. The number of benzene rings is 2. The zero-order valence-corrected chi connectivity index (χ0v) is 20.3. The lowest BCUT2D eigenvalue weighted by Gasteiger charge is -2.24. The number of carbonyl (C=O) groups is 3. The van der Waals surface area contributed by atoms with E-state index in [1.165, 1.54) is 35.2 Å². The van der Waals surface area contributed by atoms with Crippen molar-refractivity contribution in [1.82, 2.24) is 10.2 Å². The standard InChI is InChI=1S/C26H25F2N5O5/c27-26(28)18-5-2-1-4-16(18)17-10-15(6-7-19(17)26)23(35)30-13-22(34)33-20(24(36)37)11-25(12-21(25)33)14-38-9-3-8-31-32-29/h1-2,4-7,10,20-21H,3,8-9,11-14H2,(H,30,35)(H,36,37). The van der Waals surface area contributed by atoms with Gasteiger partial charge in [0.25, 0.3) is 11.8 Å². The topological polar surface area (TPSA) is 145 Å². The van der Waals surface area contributed by atoms with Crippen molar-refractivity contribution < 1.29 is 33.0 Å². The van der Waals surface area contributed by atoms with E-state index in [4.69, 9.17) is 10.3 Å². The predicted molar refractivity (Wildman–Crippen MR) is 130 cm³/mol. The normalized spacial score (nSPS) is 23.6. The highest BCUT2D eigenvalue weighted by Crippen LogP contribution is 2.59. The number of carboxylic acids is 1. The number of hydrogen-bond acceptors (Lipinski definition) is 5. The van der Waals surface area contributed by atoms with Gasteiger partial charge in [-0.2, -0.15) is 8.78 Å². The van der Waals surface area contributed by atoms with Crippen LogP contribution in [0.1, 0.15) is 40.7 Å². The first-order chi connectivity index (χ1) is 18.2. The summed E-state index contributed by atoms with van der Waals surface area (Å²) in [6, 6.07) is 8.69. The highest BCUT2D eigenvalue weighted by Gasteiger charge is 2.67. The maximum Gasteiger partial charge on any atom is 0.326 e. The Kier molecular flexibility index (Phi) is 6.54. The zero-order valence-electron chi connectivity index (χ0n) is 20.3. The van der Waals surface area contributed by atoms with E-state index < -0.39 is 41.7 Å². The van der Waals surface area contributed by atoms with Gasteiger partial charge < -0.3 is 20.1 Å². The Labute approximate surface area is 216 Å². The molecule has 1 heterocycles. The Morgan fingerprint density at radius 2 is 1.92 bits per heavy atom. The number of aliphatic carboxylic acids is 1. The number of carbonyl (C=O) groups excluding carboxylic acids is 2. The summed E-state index contributed by atoms with van der Waals surface area (Å²) >= 11 is 0. The van der Waals surface area contributed by atoms with Crippen LogP contribution >= 0.6 is 0 Å². The summed E-state index contributed by atoms with van der Waals surface area (Å²) in [6.07, 6.45) is 1.39. The lowest BCUT2D eigenvalue weighted by molar-refractivity contribution is -0.149. The van der Waals surface area contributed by atoms with Crippen LogP contribution < -0.4 is 5.32 Å². The lowest BCUT2D eigenvalue weighted by Crippen LogP contribution is -2.47. The monoisotopic (exact) mass is 525 g/mol. The number of fused-ring (bicyclic) bond motifs is 4. The van der Waals surface area contributed by atoms with Crippen molar-refractivity contribution in [2.24, 2.45) is 10.5 Å². The van der Waals surface area contributed by atoms with Crippen LogP contribution in [0, 0.1) is 5.41 Å². The van der Waals surface area contributed by atoms with E-state index in [9.17, 15) is 28.3 Å². The first-order valence-electron chi connectivity index (χ1n) is 12.2. The fourth-order valence-electron chi connectivity index (χ4n) is 5.63. The van der Waals surface area contributed by atoms with Gasteiger partial charge in [0, 0.05) is 46.2 Å². The molecule has 0 bridgehead atoms. The molecule has 198 valence electrons. The molecule has 2 fully saturated rings. The van der Waals surface area contributed by atoms with Crippen molar-refractivity contribution in [2.75, 3.05) is 26.3 Å². The minimum Gasteiger partial charge on any atom is -0.480 e. The molecule has 0 spiro atoms. The molecule has 2 aromatic rings. The van der Waals surface area contributed by atoms with Crippen LogP contribution in [0.4, 0.5) is 8.78 Å². The molecular formula is C26H25F2N5O5. The summed E-state index contributed by atoms with van der Waals surface area (Å²) in [5.41, 5.74) is 8.30. The number of piperidine rings is 1. The summed E-state index contributed by atoms with van der Waals surface area (Å²) < 4.78 is 35.2. The van der Waals surface area contributed by atoms with Crippen molar-refractivity contribution in [3.05, 3.63) is 69.6 Å². The number of likely N-dealkylation sites (tertiary alicyclic amines) is 1. The largest absolute Gasteiger partial charge is 0.480 e. The van der Waals surface area contributed by atoms with Gasteiger partial charge in [-0.3, -0.25) is 9.59 Å². The molecule has 10 nitrogen and oxygen atoms in total. The van der Waals surface area contributed by atoms with Crippen LogP contribution in [0.25, 0.3) is 21.6 Å². The summed E-state index contributed by atoms with van der Waals surface area (Å²) in [6.45, 7) is 0.516. The highest BCUT2D eigenvalue weighted by molar-refractivity contribution is 5.99. The molecule has 2 N–H and O–H groups in total. The molecule has 5 rings (SSSR count). The Morgan fingerprint density at radius 3 is 2.68 bits per heavy atom. The molecular weight excluding hydrogens is 500 g/mol. The van der Waals surface area contributed by atoms with Gasteiger partial charge in [0.2, 0.25) is 5.91 Å². The third kappa shape index (κ3) is 4.35. The number of halogens is 2. The van der Waals surface area contributed by atoms with Crippen molar-refractivity contribution in [1.29, 1.82) is 0 Å². The van der Waals surface area contributed by atoms with E-state index in [0.29, 0.717) is 31.6 Å². The van der Waals surface area contributed by atoms with Gasteiger partial charge >= 0.3 is 5.97 Å². The van der Waals surface area contributed by atoms with Gasteiger partial charge in [-0.15, -0.1) is 0 Å². The van der Waals surface area contributed by atoms with Crippen LogP contribution in [0.3, 0.4) is 0 Å². The van der Waals surface area contributed by atoms with Gasteiger partial charge in [-0.05, 0) is 48.1 Å². The molecule has 0 aromatic heterocycles. The Morgan fingerprint density at radius 1 is 1.16 bits per heavy atom. The first-order valence-corrected chi connectivity index (χ1v) is 12.2. The van der Waals surface area contributed by atoms with Crippen molar-refractivity contribution >= 4 is 17.8 Å². The highest BCUT2D eigenvalue weighted by atomic mass is 19.3. The summed E-state index contributed by atoms with van der Waals surface area (Å²) in [5, 5.41) is 15.6. The second-order valence-electron chi connectivity index (χ2n) is 9.87. The second-order valence-corrected chi connectivity index (χ2v) is 9.87. The number of alkyl halides is 2. The zero-order chi connectivity index (χ0) is 27.1. The van der Waals surface area contributed by atoms with Gasteiger partial charge in [0.15, 0.2) is 0 Å². The Balaban J connectivity index is 1.22. The van der Waals surface area contributed by atoms with Crippen molar-refractivity contribution in [2.45, 2.75) is 37.3 Å². The third-order valence-electron chi connectivity index (χ3n) is 7.57. The summed E-state index contributed by atoms with van der Waals surface area (Å²) in [7, 11) is 0. The number of nitrogens with one attached hydrogen (secondary N) is 1. The molecule has 1 saturated heterocycles. The molecule has 1 saturated carbocycles. The first kappa shape index (κ1) is 25.6. The average Bonchev–Trinajstić information content (AvgIpc) is 3.43. The van der Waals surface area contributed by atoms with E-state index in [0.717, 1.165) is 0 Å². The number of azide groups is 1. The molecule has 12 heteroatoms. The van der Waals surface area contributed by atoms with E-state index in [1.807, 2.05) is 0 Å². The molecule has 2 amide bonds. The van der Waals surface area contributed by atoms with E-state index >= 15 is 0 Å². The van der Waals surface area contributed by atoms with Crippen molar-refractivity contribution in [3.63, 3.8) is 0 Å². The fourth-order valence-corrected chi connectivity index (χ4v) is 5.63. The van der Waals surface area contributed by atoms with Gasteiger partial charge in [0.05, 0.1) is 13.2 Å². The van der Waals surface area contributed by atoms with Crippen LogP contribution in [0.5, 0.6) is 0 Å². The van der Waals surface area contributed by atoms with Gasteiger partial charge in [-0.25, -0.2) is 4.79 Å². The Bertz CT molecular complexity index is 1360. The van der Waals surface area contributed by atoms with Crippen molar-refractivity contribution in [3.8, 4) is 11.1 Å². The molecule has 0 radical (unpaired) electrons. The van der Waals surface area contributed by atoms with Crippen LogP contribution in [0.2, 0.25) is 0 Å². The minimum atomic E-state index is -3.16. The van der Waals surface area contributed by atoms with E-state index in [-0.39, 0.29) is 41.3 Å². The number of ether oxygens (including phenoxy) is 1. The number of amides is 2. The quantitative estimate of drug-likeness (QED) is 0.210. The second kappa shape index (κ2) is 9.70. The van der Waals surface area contributed by atoms with Crippen LogP contribution in [-0.2, 0) is 20.2 Å². The van der Waals surface area contributed by atoms with Crippen LogP contribution in [0.15, 0.2) is 47.6 Å². The number of nitrogens with zero attached hydrogens (tertiary/aromatic N) is 4. The third-order valence-corrected chi connectivity index (χ3v) is 7.57. The number of hydrogen-bond donors (Lipinski definition) is 2. The van der Waals surface area contributed by atoms with E-state index in [2.05, 4.69) is 15.3 Å². The summed E-state index contributed by atoms with van der Waals surface area (Å²) in [5.74, 6) is -5.44. The molecule has 1 aliphatic heterocycles. The number of carboxylic acid groups (broad SMARTS) is 1. The predicted octanol–water partition coefficient (Wildman–Crippen LogP) is 3.70. The molecule has 3 unspecified atom stereocenters. The minimum absolute atomic E-state index is 0.121. The van der Waals surface area contributed by atoms with Gasteiger partial charge in [0.1, 0.15) is 6.04 Å². The maximum atomic E-state index is 14.8. The van der Waals surface area contributed by atoms with E-state index in [1.54, 1.807) is 12.1 Å². The fraction of sp³-hybridized carbons (Fsp3) is 0.423. The molecule has 38 heavy (non-hydrogen) atoms. The van der Waals surface area contributed by atoms with Crippen LogP contribution in [-0.4, -0.2) is 66.2 Å². The average molecular weight is 526 g/mol. The summed E-state index contributed by atoms with van der Waals surface area (Å²) in [4.78, 5) is 41.7. The number of rotatable bonds is 10. The molecule has 2 aliphatic carbocycles. The smallest absolute Gasteiger partial charge is 0.326 e. The Hall–Kier alpha value is -4.02. The molecule has 2 aromatic carbocycles. The lowest BCUT2D eigenvalue weighted by atomic mass is 10.0. The molecule has 3 atom stereocenters.